The number of amides is 1. The Balaban J connectivity index is 1.72. The molecule has 3 rings (SSSR count). The lowest BCUT2D eigenvalue weighted by molar-refractivity contribution is -0.130. The number of thioether (sulfide) groups is 1. The first-order chi connectivity index (χ1) is 11.6. The van der Waals surface area contributed by atoms with Gasteiger partial charge in [0.1, 0.15) is 0 Å². The lowest BCUT2D eigenvalue weighted by Gasteiger charge is -2.23. The Morgan fingerprint density at radius 1 is 1.21 bits per heavy atom. The largest absolute Gasteiger partial charge is 0.342 e. The molecule has 1 fully saturated rings. The number of hydrogen-bond acceptors (Lipinski definition) is 5. The number of nitrogens with zero attached hydrogens (tertiary/aromatic N) is 5. The Morgan fingerprint density at radius 3 is 2.67 bits per heavy atom. The Labute approximate surface area is 146 Å². The standard InChI is InChI=1S/C17H23N5OS/c1-13-8-7-9-15(12-13)22-17(18-19-20-22)24-14(2)16(23)21-10-5-3-4-6-11-21/h7-9,12,14H,3-6,10-11H2,1-2H3/t14-/m1/s1. The fraction of sp³-hybridized carbons (Fsp3) is 0.529. The van der Waals surface area contributed by atoms with Gasteiger partial charge in [0.15, 0.2) is 0 Å². The number of hydrogen-bond donors (Lipinski definition) is 0. The molecule has 6 nitrogen and oxygen atoms in total. The Kier molecular flexibility index (Phi) is 5.50. The van der Waals surface area contributed by atoms with Crippen LogP contribution in [0.3, 0.4) is 0 Å². The molecule has 0 saturated carbocycles. The Morgan fingerprint density at radius 2 is 1.96 bits per heavy atom. The maximum Gasteiger partial charge on any atom is 0.235 e. The second-order valence-corrected chi connectivity index (χ2v) is 7.52. The fourth-order valence-electron chi connectivity index (χ4n) is 2.93. The van der Waals surface area contributed by atoms with E-state index in [4.69, 9.17) is 0 Å². The zero-order valence-corrected chi connectivity index (χ0v) is 15.0. The number of aromatic nitrogens is 4. The van der Waals surface area contributed by atoms with Crippen molar-refractivity contribution in [3.63, 3.8) is 0 Å². The van der Waals surface area contributed by atoms with Gasteiger partial charge in [-0.25, -0.2) is 0 Å². The quantitative estimate of drug-likeness (QED) is 0.797. The highest BCUT2D eigenvalue weighted by atomic mass is 32.2. The van der Waals surface area contributed by atoms with Gasteiger partial charge in [-0.2, -0.15) is 4.68 Å². The first kappa shape index (κ1) is 17.0. The molecule has 128 valence electrons. The number of carbonyl (C=O) groups is 1. The molecular weight excluding hydrogens is 322 g/mol. The predicted octanol–water partition coefficient (Wildman–Crippen LogP) is 2.85. The van der Waals surface area contributed by atoms with Crippen LogP contribution >= 0.6 is 11.8 Å². The summed E-state index contributed by atoms with van der Waals surface area (Å²) in [7, 11) is 0. The lowest BCUT2D eigenvalue weighted by Crippen LogP contribution is -2.37. The first-order valence-corrected chi connectivity index (χ1v) is 9.34. The summed E-state index contributed by atoms with van der Waals surface area (Å²) in [6, 6.07) is 8.01. The zero-order chi connectivity index (χ0) is 16.9. The molecular formula is C17H23N5OS. The third-order valence-electron chi connectivity index (χ3n) is 4.23. The molecule has 2 aromatic rings. The molecule has 0 aliphatic carbocycles. The van der Waals surface area contributed by atoms with Crippen molar-refractivity contribution in [3.05, 3.63) is 29.8 Å². The highest BCUT2D eigenvalue weighted by Gasteiger charge is 2.24. The monoisotopic (exact) mass is 345 g/mol. The van der Waals surface area contributed by atoms with E-state index in [1.165, 1.54) is 24.6 Å². The number of likely N-dealkylation sites (tertiary alicyclic amines) is 1. The van der Waals surface area contributed by atoms with Crippen LogP contribution in [0.1, 0.15) is 38.2 Å². The molecule has 1 saturated heterocycles. The van der Waals surface area contributed by atoms with Crippen LogP contribution in [0.5, 0.6) is 0 Å². The molecule has 24 heavy (non-hydrogen) atoms. The SMILES string of the molecule is Cc1cccc(-n2nnnc2S[C@H](C)C(=O)N2CCCCCC2)c1. The normalized spacial score (nSPS) is 16.7. The minimum Gasteiger partial charge on any atom is -0.342 e. The van der Waals surface area contributed by atoms with Crippen molar-refractivity contribution in [1.29, 1.82) is 0 Å². The summed E-state index contributed by atoms with van der Waals surface area (Å²) in [5.41, 5.74) is 2.06. The maximum atomic E-state index is 12.7. The van der Waals surface area contributed by atoms with Gasteiger partial charge in [0.25, 0.3) is 0 Å². The smallest absolute Gasteiger partial charge is 0.235 e. The van der Waals surface area contributed by atoms with Crippen LogP contribution in [0.15, 0.2) is 29.4 Å². The van der Waals surface area contributed by atoms with E-state index in [0.29, 0.717) is 5.16 Å². The van der Waals surface area contributed by atoms with Crippen LogP contribution in [0.2, 0.25) is 0 Å². The summed E-state index contributed by atoms with van der Waals surface area (Å²) in [6.07, 6.45) is 4.64. The van der Waals surface area contributed by atoms with E-state index in [1.54, 1.807) is 4.68 Å². The summed E-state index contributed by atoms with van der Waals surface area (Å²) in [6.45, 7) is 5.71. The molecule has 1 atom stereocenters. The summed E-state index contributed by atoms with van der Waals surface area (Å²) in [5, 5.41) is 12.4. The summed E-state index contributed by atoms with van der Waals surface area (Å²) >= 11 is 1.42. The van der Waals surface area contributed by atoms with Gasteiger partial charge in [-0.3, -0.25) is 4.79 Å². The average molecular weight is 345 g/mol. The minimum atomic E-state index is -0.197. The van der Waals surface area contributed by atoms with Gasteiger partial charge >= 0.3 is 0 Å². The molecule has 0 radical (unpaired) electrons. The minimum absolute atomic E-state index is 0.181. The van der Waals surface area contributed by atoms with E-state index in [2.05, 4.69) is 15.5 Å². The molecule has 1 amide bonds. The number of rotatable bonds is 4. The van der Waals surface area contributed by atoms with E-state index in [1.807, 2.05) is 43.0 Å². The molecule has 0 spiro atoms. The number of aryl methyl sites for hydroxylation is 1. The Bertz CT molecular complexity index is 694. The van der Waals surface area contributed by atoms with Crippen molar-refractivity contribution in [2.24, 2.45) is 0 Å². The number of tetrazole rings is 1. The second kappa shape index (κ2) is 7.79. The Hall–Kier alpha value is -1.89. The van der Waals surface area contributed by atoms with Crippen LogP contribution in [0, 0.1) is 6.92 Å². The van der Waals surface area contributed by atoms with Crippen LogP contribution in [0.4, 0.5) is 0 Å². The van der Waals surface area contributed by atoms with Crippen molar-refractivity contribution in [3.8, 4) is 5.69 Å². The molecule has 1 aromatic carbocycles. The fourth-order valence-corrected chi connectivity index (χ4v) is 3.82. The van der Waals surface area contributed by atoms with Gasteiger partial charge in [-0.15, -0.1) is 5.10 Å². The maximum absolute atomic E-state index is 12.7. The molecule has 0 bridgehead atoms. The topological polar surface area (TPSA) is 63.9 Å². The number of carbonyl (C=O) groups excluding carboxylic acids is 1. The third kappa shape index (κ3) is 3.95. The van der Waals surface area contributed by atoms with Crippen molar-refractivity contribution in [2.75, 3.05) is 13.1 Å². The van der Waals surface area contributed by atoms with Crippen LogP contribution < -0.4 is 0 Å². The van der Waals surface area contributed by atoms with E-state index in [-0.39, 0.29) is 11.2 Å². The van der Waals surface area contributed by atoms with Crippen LogP contribution in [-0.4, -0.2) is 49.4 Å². The van der Waals surface area contributed by atoms with Gasteiger partial charge < -0.3 is 4.90 Å². The lowest BCUT2D eigenvalue weighted by atomic mass is 10.2. The highest BCUT2D eigenvalue weighted by Crippen LogP contribution is 2.25. The summed E-state index contributed by atoms with van der Waals surface area (Å²) < 4.78 is 1.70. The average Bonchev–Trinajstić information content (AvgIpc) is 2.86. The summed E-state index contributed by atoms with van der Waals surface area (Å²) in [4.78, 5) is 14.7. The van der Waals surface area contributed by atoms with Crippen molar-refractivity contribution >= 4 is 17.7 Å². The van der Waals surface area contributed by atoms with E-state index >= 15 is 0 Å². The van der Waals surface area contributed by atoms with Crippen molar-refractivity contribution in [2.45, 2.75) is 49.9 Å². The van der Waals surface area contributed by atoms with Gasteiger partial charge in [0.2, 0.25) is 11.1 Å². The van der Waals surface area contributed by atoms with Gasteiger partial charge in [0, 0.05) is 13.1 Å². The van der Waals surface area contributed by atoms with Gasteiger partial charge in [-0.05, 0) is 54.8 Å². The molecule has 1 aliphatic rings. The zero-order valence-electron chi connectivity index (χ0n) is 14.2. The molecule has 1 aliphatic heterocycles. The second-order valence-electron chi connectivity index (χ2n) is 6.21. The molecule has 0 N–H and O–H groups in total. The van der Waals surface area contributed by atoms with Crippen LogP contribution in [0.25, 0.3) is 5.69 Å². The van der Waals surface area contributed by atoms with E-state index in [9.17, 15) is 4.79 Å². The molecule has 0 unspecified atom stereocenters. The van der Waals surface area contributed by atoms with E-state index < -0.39 is 0 Å². The predicted molar refractivity (Wildman–Crippen MR) is 94.3 cm³/mol. The third-order valence-corrected chi connectivity index (χ3v) is 5.26. The highest BCUT2D eigenvalue weighted by molar-refractivity contribution is 8.00. The molecule has 1 aromatic heterocycles. The van der Waals surface area contributed by atoms with Crippen molar-refractivity contribution < 1.29 is 4.79 Å². The summed E-state index contributed by atoms with van der Waals surface area (Å²) in [5.74, 6) is 0.181. The van der Waals surface area contributed by atoms with Crippen LogP contribution in [-0.2, 0) is 4.79 Å². The molecule has 2 heterocycles. The van der Waals surface area contributed by atoms with Gasteiger partial charge in [0.05, 0.1) is 10.9 Å². The number of benzene rings is 1. The first-order valence-electron chi connectivity index (χ1n) is 8.46. The molecule has 7 heteroatoms. The van der Waals surface area contributed by atoms with E-state index in [0.717, 1.165) is 37.2 Å². The van der Waals surface area contributed by atoms with Gasteiger partial charge in [-0.1, -0.05) is 36.7 Å². The van der Waals surface area contributed by atoms with Crippen molar-refractivity contribution in [1.82, 2.24) is 25.1 Å².